The average Bonchev–Trinajstić information content (AvgIpc) is 2.35. The molecule has 0 amide bonds. The van der Waals surface area contributed by atoms with Crippen molar-refractivity contribution in [2.24, 2.45) is 0 Å². The number of nitrogens with one attached hydrogen (secondary N) is 1. The molecule has 0 saturated carbocycles. The zero-order valence-corrected chi connectivity index (χ0v) is 16.5. The largest absolute Gasteiger partial charge is 1.00 e. The SMILES string of the molecule is Cc1cccc(Cl)c1Nc1ccccc1CC(=O)[O-].Cl.[K+]. The van der Waals surface area contributed by atoms with E-state index in [2.05, 4.69) is 5.32 Å². The fraction of sp³-hybridized carbons (Fsp3) is 0.133. The Labute approximate surface area is 177 Å². The van der Waals surface area contributed by atoms with Crippen molar-refractivity contribution in [3.05, 3.63) is 58.6 Å². The minimum atomic E-state index is -1.11. The molecule has 0 aliphatic rings. The van der Waals surface area contributed by atoms with Crippen molar-refractivity contribution in [2.45, 2.75) is 13.3 Å². The van der Waals surface area contributed by atoms with E-state index in [1.165, 1.54) is 0 Å². The molecule has 0 unspecified atom stereocenters. The van der Waals surface area contributed by atoms with Gasteiger partial charge in [0.05, 0.1) is 10.7 Å². The Kier molecular flexibility index (Phi) is 9.81. The number of carbonyl (C=O) groups is 1. The molecule has 0 heterocycles. The van der Waals surface area contributed by atoms with Gasteiger partial charge in [-0.3, -0.25) is 0 Å². The molecule has 2 aromatic carbocycles. The monoisotopic (exact) mass is 349 g/mol. The van der Waals surface area contributed by atoms with Crippen LogP contribution in [0.4, 0.5) is 11.4 Å². The van der Waals surface area contributed by atoms with Crippen LogP contribution >= 0.6 is 24.0 Å². The van der Waals surface area contributed by atoms with E-state index in [1.54, 1.807) is 18.2 Å². The summed E-state index contributed by atoms with van der Waals surface area (Å²) in [5.74, 6) is -1.11. The topological polar surface area (TPSA) is 52.2 Å². The third kappa shape index (κ3) is 5.91. The fourth-order valence-corrected chi connectivity index (χ4v) is 2.15. The number of aryl methyl sites for hydroxylation is 1. The molecule has 0 aliphatic carbocycles. The predicted molar refractivity (Wildman–Crippen MR) is 81.9 cm³/mol. The molecule has 0 atom stereocenters. The first-order valence-electron chi connectivity index (χ1n) is 5.88. The van der Waals surface area contributed by atoms with Gasteiger partial charge in [0.15, 0.2) is 0 Å². The molecule has 0 bridgehead atoms. The summed E-state index contributed by atoms with van der Waals surface area (Å²) in [6.45, 7) is 1.94. The smallest absolute Gasteiger partial charge is 0.550 e. The van der Waals surface area contributed by atoms with Crippen LogP contribution in [0.15, 0.2) is 42.5 Å². The zero-order chi connectivity index (χ0) is 13.8. The first kappa shape index (κ1) is 20.9. The zero-order valence-electron chi connectivity index (χ0n) is 11.9. The Morgan fingerprint density at radius 3 is 2.48 bits per heavy atom. The van der Waals surface area contributed by atoms with Crippen molar-refractivity contribution >= 4 is 41.4 Å². The summed E-state index contributed by atoms with van der Waals surface area (Å²) in [6.07, 6.45) is -0.132. The summed E-state index contributed by atoms with van der Waals surface area (Å²) in [7, 11) is 0. The van der Waals surface area contributed by atoms with E-state index in [-0.39, 0.29) is 70.2 Å². The van der Waals surface area contributed by atoms with Gasteiger partial charge in [0.1, 0.15) is 0 Å². The van der Waals surface area contributed by atoms with Gasteiger partial charge in [-0.2, -0.15) is 0 Å². The van der Waals surface area contributed by atoms with Crippen LogP contribution in [0.2, 0.25) is 5.02 Å². The number of rotatable bonds is 4. The predicted octanol–water partition coefficient (Wildman–Crippen LogP) is 0.110. The number of hydrogen-bond acceptors (Lipinski definition) is 3. The van der Waals surface area contributed by atoms with Crippen molar-refractivity contribution < 1.29 is 61.3 Å². The molecule has 0 aliphatic heterocycles. The quantitative estimate of drug-likeness (QED) is 0.797. The van der Waals surface area contributed by atoms with E-state index in [9.17, 15) is 9.90 Å². The number of anilines is 2. The average molecular weight is 350 g/mol. The van der Waals surface area contributed by atoms with Crippen LogP contribution in [0, 0.1) is 6.92 Å². The van der Waals surface area contributed by atoms with E-state index in [1.807, 2.05) is 31.2 Å². The maximum atomic E-state index is 10.7. The summed E-state index contributed by atoms with van der Waals surface area (Å²) < 4.78 is 0. The molecule has 3 nitrogen and oxygen atoms in total. The van der Waals surface area contributed by atoms with Crippen LogP contribution in [-0.4, -0.2) is 5.97 Å². The number of para-hydroxylation sites is 2. The molecular formula is C15H14Cl2KNO2. The summed E-state index contributed by atoms with van der Waals surface area (Å²) in [4.78, 5) is 10.7. The molecule has 0 aromatic heterocycles. The van der Waals surface area contributed by atoms with Gasteiger partial charge in [-0.1, -0.05) is 41.9 Å². The van der Waals surface area contributed by atoms with Crippen molar-refractivity contribution in [1.29, 1.82) is 0 Å². The minimum Gasteiger partial charge on any atom is -0.550 e. The van der Waals surface area contributed by atoms with E-state index in [4.69, 9.17) is 11.6 Å². The van der Waals surface area contributed by atoms with Crippen LogP contribution in [0.1, 0.15) is 11.1 Å². The van der Waals surface area contributed by atoms with Crippen LogP contribution in [0.25, 0.3) is 0 Å². The number of carboxylic acids is 1. The van der Waals surface area contributed by atoms with E-state index in [0.29, 0.717) is 10.6 Å². The standard InChI is InChI=1S/C15H14ClNO2.ClH.K/c1-10-5-4-7-12(16)15(10)17-13-8-3-2-6-11(13)9-14(18)19;;/h2-8,17H,9H2,1H3,(H,18,19);1H;/q;;+1/p-1. The van der Waals surface area contributed by atoms with Crippen molar-refractivity contribution in [3.8, 4) is 0 Å². The van der Waals surface area contributed by atoms with E-state index >= 15 is 0 Å². The summed E-state index contributed by atoms with van der Waals surface area (Å²) in [5.41, 5.74) is 3.18. The van der Waals surface area contributed by atoms with Gasteiger partial charge in [-0.05, 0) is 30.2 Å². The van der Waals surface area contributed by atoms with Gasteiger partial charge in [-0.15, -0.1) is 12.4 Å². The van der Waals surface area contributed by atoms with Gasteiger partial charge in [-0.25, -0.2) is 0 Å². The number of aliphatic carboxylic acids is 1. The maximum Gasteiger partial charge on any atom is 1.00 e. The second kappa shape index (κ2) is 9.84. The van der Waals surface area contributed by atoms with Gasteiger partial charge in [0.25, 0.3) is 0 Å². The Bertz CT molecular complexity index is 600. The van der Waals surface area contributed by atoms with Gasteiger partial charge >= 0.3 is 51.4 Å². The molecular weight excluding hydrogens is 336 g/mol. The normalized spacial score (nSPS) is 9.24. The molecule has 21 heavy (non-hydrogen) atoms. The van der Waals surface area contributed by atoms with Crippen molar-refractivity contribution in [2.75, 3.05) is 5.32 Å². The Hall–Kier alpha value is -0.0736. The molecule has 0 saturated heterocycles. The Balaban J connectivity index is 0.00000200. The molecule has 2 rings (SSSR count). The maximum absolute atomic E-state index is 10.7. The Morgan fingerprint density at radius 1 is 1.19 bits per heavy atom. The third-order valence-electron chi connectivity index (χ3n) is 2.83. The minimum absolute atomic E-state index is 0. The number of carboxylic acid groups (broad SMARTS) is 1. The molecule has 0 fully saturated rings. The van der Waals surface area contributed by atoms with Crippen molar-refractivity contribution in [3.63, 3.8) is 0 Å². The first-order chi connectivity index (χ1) is 9.08. The molecule has 6 heteroatoms. The number of halogens is 2. The Morgan fingerprint density at radius 2 is 1.86 bits per heavy atom. The van der Waals surface area contributed by atoms with E-state index in [0.717, 1.165) is 16.9 Å². The third-order valence-corrected chi connectivity index (χ3v) is 3.15. The fourth-order valence-electron chi connectivity index (χ4n) is 1.88. The van der Waals surface area contributed by atoms with Crippen LogP contribution < -0.4 is 61.8 Å². The number of hydrogen-bond donors (Lipinski definition) is 1. The van der Waals surface area contributed by atoms with Crippen LogP contribution in [0.3, 0.4) is 0 Å². The summed E-state index contributed by atoms with van der Waals surface area (Å²) >= 11 is 6.15. The molecule has 2 aromatic rings. The van der Waals surface area contributed by atoms with Crippen LogP contribution in [-0.2, 0) is 11.2 Å². The molecule has 0 spiro atoms. The van der Waals surface area contributed by atoms with Crippen molar-refractivity contribution in [1.82, 2.24) is 0 Å². The summed E-state index contributed by atoms with van der Waals surface area (Å²) in [5, 5.41) is 14.5. The number of benzene rings is 2. The van der Waals surface area contributed by atoms with Gasteiger partial charge in [0, 0.05) is 18.1 Å². The van der Waals surface area contributed by atoms with Gasteiger partial charge in [0.2, 0.25) is 0 Å². The second-order valence-electron chi connectivity index (χ2n) is 4.26. The second-order valence-corrected chi connectivity index (χ2v) is 4.67. The molecule has 106 valence electrons. The van der Waals surface area contributed by atoms with Crippen LogP contribution in [0.5, 0.6) is 0 Å². The molecule has 1 N–H and O–H groups in total. The first-order valence-corrected chi connectivity index (χ1v) is 6.25. The number of carbonyl (C=O) groups excluding carboxylic acids is 1. The van der Waals surface area contributed by atoms with Gasteiger partial charge < -0.3 is 15.2 Å². The molecule has 0 radical (unpaired) electrons. The summed E-state index contributed by atoms with van der Waals surface area (Å²) in [6, 6.07) is 12.8. The van der Waals surface area contributed by atoms with E-state index < -0.39 is 5.97 Å².